The molecule has 2 aliphatic carbocycles. The molecule has 6 heteroatoms. The Labute approximate surface area is 109 Å². The van der Waals surface area contributed by atoms with Crippen LogP contribution in [0.15, 0.2) is 34.2 Å². The number of carbonyl (C=O) groups excluding carboxylic acids is 2. The van der Waals surface area contributed by atoms with Gasteiger partial charge < -0.3 is 5.32 Å². The summed E-state index contributed by atoms with van der Waals surface area (Å²) in [7, 11) is 0. The molecule has 1 N–H and O–H groups in total. The van der Waals surface area contributed by atoms with Gasteiger partial charge in [-0.1, -0.05) is 6.08 Å². The van der Waals surface area contributed by atoms with Gasteiger partial charge in [-0.15, -0.1) is 0 Å². The molecule has 3 rings (SSSR count). The fourth-order valence-electron chi connectivity index (χ4n) is 2.83. The van der Waals surface area contributed by atoms with Gasteiger partial charge in [-0.05, 0) is 19.3 Å². The fraction of sp³-hybridized carbons (Fsp3) is 0.385. The second-order valence-electron chi connectivity index (χ2n) is 4.82. The smallest absolute Gasteiger partial charge is 0.258 e. The average Bonchev–Trinajstić information content (AvgIpc) is 2.54. The van der Waals surface area contributed by atoms with E-state index < -0.39 is 4.92 Å². The minimum atomic E-state index is -0.478. The van der Waals surface area contributed by atoms with Crippen molar-refractivity contribution in [2.24, 2.45) is 0 Å². The van der Waals surface area contributed by atoms with E-state index in [4.69, 9.17) is 0 Å². The van der Waals surface area contributed by atoms with Gasteiger partial charge >= 0.3 is 0 Å². The molecule has 0 spiro atoms. The first-order valence-electron chi connectivity index (χ1n) is 6.25. The van der Waals surface area contributed by atoms with Gasteiger partial charge in [0.2, 0.25) is 5.91 Å². The largest absolute Gasteiger partial charge is 0.325 e. The van der Waals surface area contributed by atoms with E-state index in [1.807, 2.05) is 6.08 Å². The lowest BCUT2D eigenvalue weighted by Crippen LogP contribution is -2.22. The van der Waals surface area contributed by atoms with Crippen molar-refractivity contribution in [2.45, 2.75) is 32.1 Å². The van der Waals surface area contributed by atoms with Gasteiger partial charge in [-0.3, -0.25) is 19.7 Å². The number of fused-ring (bicyclic) bond motifs is 2. The van der Waals surface area contributed by atoms with Crippen molar-refractivity contribution in [3.63, 3.8) is 0 Å². The van der Waals surface area contributed by atoms with Gasteiger partial charge in [-0.2, -0.15) is 0 Å². The summed E-state index contributed by atoms with van der Waals surface area (Å²) in [6, 6.07) is 0. The van der Waals surface area contributed by atoms with Crippen LogP contribution in [0.4, 0.5) is 0 Å². The normalized spacial score (nSPS) is 22.6. The molecule has 0 aromatic heterocycles. The third-order valence-corrected chi connectivity index (χ3v) is 3.68. The molecule has 0 unspecified atom stereocenters. The Morgan fingerprint density at radius 1 is 1.21 bits per heavy atom. The predicted molar refractivity (Wildman–Crippen MR) is 65.4 cm³/mol. The highest BCUT2D eigenvalue weighted by molar-refractivity contribution is 6.18. The van der Waals surface area contributed by atoms with E-state index in [1.165, 1.54) is 0 Å². The lowest BCUT2D eigenvalue weighted by Gasteiger charge is -2.12. The molecule has 0 atom stereocenters. The molecule has 0 fully saturated rings. The molecule has 1 heterocycles. The van der Waals surface area contributed by atoms with E-state index >= 15 is 0 Å². The van der Waals surface area contributed by atoms with Crippen LogP contribution >= 0.6 is 0 Å². The molecule has 98 valence electrons. The molecule has 0 saturated heterocycles. The molecule has 6 nitrogen and oxygen atoms in total. The Morgan fingerprint density at radius 2 is 2.00 bits per heavy atom. The number of nitrogens with one attached hydrogen (secondary N) is 1. The summed E-state index contributed by atoms with van der Waals surface area (Å²) in [5.74, 6) is -0.414. The van der Waals surface area contributed by atoms with Crippen LogP contribution in [0, 0.1) is 10.1 Å². The van der Waals surface area contributed by atoms with Crippen LogP contribution in [0.25, 0.3) is 0 Å². The van der Waals surface area contributed by atoms with Crippen LogP contribution in [0.1, 0.15) is 32.1 Å². The Balaban J connectivity index is 2.14. The highest BCUT2D eigenvalue weighted by Crippen LogP contribution is 2.41. The van der Waals surface area contributed by atoms with E-state index in [0.717, 1.165) is 0 Å². The number of ketones is 1. The Bertz CT molecular complexity index is 610. The molecule has 0 saturated carbocycles. The average molecular weight is 260 g/mol. The molecular formula is C13H12N2O4. The summed E-state index contributed by atoms with van der Waals surface area (Å²) >= 11 is 0. The maximum Gasteiger partial charge on any atom is 0.258 e. The van der Waals surface area contributed by atoms with Crippen molar-refractivity contribution in [3.05, 3.63) is 44.3 Å². The molecule has 0 radical (unpaired) electrons. The Morgan fingerprint density at radius 3 is 2.74 bits per heavy atom. The van der Waals surface area contributed by atoms with Crippen LogP contribution < -0.4 is 5.32 Å². The van der Waals surface area contributed by atoms with E-state index in [0.29, 0.717) is 42.5 Å². The highest BCUT2D eigenvalue weighted by Gasteiger charge is 2.41. The van der Waals surface area contributed by atoms with Crippen molar-refractivity contribution in [1.29, 1.82) is 0 Å². The number of nitro groups is 1. The molecule has 3 aliphatic rings. The molecular weight excluding hydrogens is 248 g/mol. The number of rotatable bonds is 1. The lowest BCUT2D eigenvalue weighted by molar-refractivity contribution is -0.428. The molecule has 1 aliphatic heterocycles. The van der Waals surface area contributed by atoms with Crippen molar-refractivity contribution in [2.75, 3.05) is 0 Å². The van der Waals surface area contributed by atoms with Crippen LogP contribution in [0.2, 0.25) is 0 Å². The van der Waals surface area contributed by atoms with Crippen LogP contribution in [0.3, 0.4) is 0 Å². The first kappa shape index (κ1) is 11.8. The molecule has 1 amide bonds. The van der Waals surface area contributed by atoms with E-state index in [-0.39, 0.29) is 29.4 Å². The van der Waals surface area contributed by atoms with Gasteiger partial charge in [-0.25, -0.2) is 0 Å². The summed E-state index contributed by atoms with van der Waals surface area (Å²) in [5.41, 5.74) is 1.73. The fourth-order valence-corrected chi connectivity index (χ4v) is 2.83. The number of hydrogen-bond acceptors (Lipinski definition) is 4. The molecule has 19 heavy (non-hydrogen) atoms. The number of nitrogens with zero attached hydrogens (tertiary/aromatic N) is 1. The van der Waals surface area contributed by atoms with Crippen LogP contribution in [-0.2, 0) is 9.59 Å². The zero-order chi connectivity index (χ0) is 13.6. The monoisotopic (exact) mass is 260 g/mol. The second kappa shape index (κ2) is 4.15. The van der Waals surface area contributed by atoms with Gasteiger partial charge in [0.1, 0.15) is 5.57 Å². The zero-order valence-electron chi connectivity index (χ0n) is 10.2. The van der Waals surface area contributed by atoms with Gasteiger partial charge in [0, 0.05) is 24.0 Å². The van der Waals surface area contributed by atoms with Gasteiger partial charge in [0.25, 0.3) is 5.70 Å². The summed E-state index contributed by atoms with van der Waals surface area (Å²) in [5, 5.41) is 13.8. The standard InChI is InChI=1S/C13H12N2O4/c16-10-6-2-4-8-12(14-10)7-3-1-5-9(15(18)19)11(7)13(8)17/h3H,1-2,4-6H2,(H,14,16). The van der Waals surface area contributed by atoms with Crippen molar-refractivity contribution >= 4 is 11.7 Å². The maximum atomic E-state index is 12.3. The molecule has 0 aromatic carbocycles. The van der Waals surface area contributed by atoms with Crippen molar-refractivity contribution < 1.29 is 14.5 Å². The topological polar surface area (TPSA) is 89.3 Å². The van der Waals surface area contributed by atoms with Gasteiger partial charge in [0.05, 0.1) is 10.6 Å². The first-order chi connectivity index (χ1) is 9.09. The van der Waals surface area contributed by atoms with Crippen molar-refractivity contribution in [1.82, 2.24) is 5.32 Å². The Kier molecular flexibility index (Phi) is 2.58. The van der Waals surface area contributed by atoms with E-state index in [2.05, 4.69) is 5.32 Å². The maximum absolute atomic E-state index is 12.3. The summed E-state index contributed by atoms with van der Waals surface area (Å²) in [6.45, 7) is 0. The molecule has 0 bridgehead atoms. The minimum Gasteiger partial charge on any atom is -0.325 e. The number of amides is 1. The SMILES string of the molecule is O=C1CCCC2=C(N1)C1=CCCC([N+](=O)[O-])=C1C2=O. The Hall–Kier alpha value is -2.24. The van der Waals surface area contributed by atoms with E-state index in [9.17, 15) is 19.7 Å². The van der Waals surface area contributed by atoms with E-state index in [1.54, 1.807) is 0 Å². The second-order valence-corrected chi connectivity index (χ2v) is 4.82. The van der Waals surface area contributed by atoms with Gasteiger partial charge in [0.15, 0.2) is 5.78 Å². The third kappa shape index (κ3) is 1.71. The predicted octanol–water partition coefficient (Wildman–Crippen LogP) is 1.37. The highest BCUT2D eigenvalue weighted by atomic mass is 16.6. The van der Waals surface area contributed by atoms with Crippen molar-refractivity contribution in [3.8, 4) is 0 Å². The quantitative estimate of drug-likeness (QED) is 0.569. The lowest BCUT2D eigenvalue weighted by atomic mass is 9.95. The third-order valence-electron chi connectivity index (χ3n) is 3.68. The number of hydrogen-bond donors (Lipinski definition) is 1. The minimum absolute atomic E-state index is 0.0233. The first-order valence-corrected chi connectivity index (χ1v) is 6.25. The number of allylic oxidation sites excluding steroid dienone is 4. The number of Topliss-reactive ketones (excluding diaryl/α,β-unsaturated/α-hetero) is 1. The summed E-state index contributed by atoms with van der Waals surface area (Å²) < 4.78 is 0. The van der Waals surface area contributed by atoms with Crippen LogP contribution in [-0.4, -0.2) is 16.6 Å². The number of carbonyl (C=O) groups is 2. The summed E-state index contributed by atoms with van der Waals surface area (Å²) in [4.78, 5) is 34.5. The summed E-state index contributed by atoms with van der Waals surface area (Å²) in [6.07, 6.45) is 4.09. The molecule has 0 aromatic rings. The zero-order valence-corrected chi connectivity index (χ0v) is 10.2. The van der Waals surface area contributed by atoms with Crippen LogP contribution in [0.5, 0.6) is 0 Å².